The van der Waals surface area contributed by atoms with Crippen LogP contribution in [0.5, 0.6) is 5.75 Å². The lowest BCUT2D eigenvalue weighted by Crippen LogP contribution is -2.43. The van der Waals surface area contributed by atoms with Crippen molar-refractivity contribution in [3.05, 3.63) is 23.8 Å². The highest BCUT2D eigenvalue weighted by atomic mass is 16.7. The van der Waals surface area contributed by atoms with Crippen molar-refractivity contribution in [1.82, 2.24) is 0 Å². The number of methoxy groups -OCH3 is 2. The molecule has 0 bridgehead atoms. The molecular formula is C18H25NO5. The zero-order chi connectivity index (χ0) is 17.1. The van der Waals surface area contributed by atoms with Crippen LogP contribution in [0.3, 0.4) is 0 Å². The van der Waals surface area contributed by atoms with Crippen LogP contribution < -0.4 is 9.64 Å². The largest absolute Gasteiger partial charge is 0.496 e. The molecule has 24 heavy (non-hydrogen) atoms. The molecule has 2 aliphatic heterocycles. The molecule has 1 aromatic rings. The second-order valence-corrected chi connectivity index (χ2v) is 6.41. The third-order valence-corrected chi connectivity index (χ3v) is 5.15. The normalized spacial score (nSPS) is 25.2. The molecule has 3 atom stereocenters. The summed E-state index contributed by atoms with van der Waals surface area (Å²) < 4.78 is 15.8. The molecule has 0 spiro atoms. The van der Waals surface area contributed by atoms with E-state index in [2.05, 4.69) is 11.0 Å². The number of aliphatic carboxylic acids is 1. The van der Waals surface area contributed by atoms with Crippen molar-refractivity contribution in [3.63, 3.8) is 0 Å². The van der Waals surface area contributed by atoms with Gasteiger partial charge in [-0.2, -0.15) is 0 Å². The summed E-state index contributed by atoms with van der Waals surface area (Å²) in [6.45, 7) is 0.830. The maximum atomic E-state index is 11.7. The quantitative estimate of drug-likeness (QED) is 0.609. The number of nitrogens with zero attached hydrogens (tertiary/aromatic N) is 1. The Morgan fingerprint density at radius 3 is 2.92 bits per heavy atom. The van der Waals surface area contributed by atoms with Gasteiger partial charge in [-0.1, -0.05) is 6.07 Å². The summed E-state index contributed by atoms with van der Waals surface area (Å²) in [5.74, 6) is -0.132. The van der Waals surface area contributed by atoms with Gasteiger partial charge in [-0.25, -0.2) is 0 Å². The molecule has 2 aliphatic rings. The van der Waals surface area contributed by atoms with Crippen LogP contribution >= 0.6 is 0 Å². The fourth-order valence-corrected chi connectivity index (χ4v) is 4.16. The van der Waals surface area contributed by atoms with Crippen LogP contribution in [0.2, 0.25) is 0 Å². The first-order chi connectivity index (χ1) is 11.7. The summed E-state index contributed by atoms with van der Waals surface area (Å²) in [6, 6.07) is 6.25. The summed E-state index contributed by atoms with van der Waals surface area (Å²) >= 11 is 0. The van der Waals surface area contributed by atoms with E-state index < -0.39 is 5.97 Å². The first-order valence-corrected chi connectivity index (χ1v) is 8.41. The minimum atomic E-state index is -0.698. The van der Waals surface area contributed by atoms with E-state index in [1.165, 1.54) is 5.56 Å². The van der Waals surface area contributed by atoms with Crippen molar-refractivity contribution in [1.29, 1.82) is 0 Å². The molecular weight excluding hydrogens is 310 g/mol. The van der Waals surface area contributed by atoms with Gasteiger partial charge in [-0.3, -0.25) is 4.79 Å². The highest BCUT2D eigenvalue weighted by Gasteiger charge is 2.47. The minimum absolute atomic E-state index is 0.0505. The Balaban J connectivity index is 1.86. The Kier molecular flexibility index (Phi) is 5.26. The number of anilines is 1. The highest BCUT2D eigenvalue weighted by Crippen LogP contribution is 2.45. The lowest BCUT2D eigenvalue weighted by molar-refractivity contribution is -0.142. The van der Waals surface area contributed by atoms with E-state index in [9.17, 15) is 9.90 Å². The molecule has 0 aromatic heterocycles. The van der Waals surface area contributed by atoms with E-state index in [-0.39, 0.29) is 24.8 Å². The molecule has 1 N–H and O–H groups in total. The van der Waals surface area contributed by atoms with Crippen molar-refractivity contribution in [3.8, 4) is 5.75 Å². The molecule has 6 heteroatoms. The number of carbonyl (C=O) groups is 1. The van der Waals surface area contributed by atoms with Crippen LogP contribution in [0, 0.1) is 5.92 Å². The van der Waals surface area contributed by atoms with Crippen LogP contribution in [0.15, 0.2) is 18.2 Å². The predicted octanol–water partition coefficient (Wildman–Crippen LogP) is 2.30. The third kappa shape index (κ3) is 3.08. The molecule has 0 amide bonds. The first kappa shape index (κ1) is 17.0. The smallest absolute Gasteiger partial charge is 0.308 e. The van der Waals surface area contributed by atoms with E-state index in [4.69, 9.17) is 14.2 Å². The number of hydrogen-bond acceptors (Lipinski definition) is 5. The molecule has 0 radical (unpaired) electrons. The van der Waals surface area contributed by atoms with Crippen LogP contribution in [-0.4, -0.2) is 50.8 Å². The second kappa shape index (κ2) is 7.40. The number of hydrogen-bond donors (Lipinski definition) is 1. The van der Waals surface area contributed by atoms with Crippen molar-refractivity contribution >= 4 is 11.7 Å². The van der Waals surface area contributed by atoms with Gasteiger partial charge in [0.15, 0.2) is 0 Å². The Labute approximate surface area is 142 Å². The average Bonchev–Trinajstić information content (AvgIpc) is 2.97. The van der Waals surface area contributed by atoms with Crippen molar-refractivity contribution < 1.29 is 24.1 Å². The molecule has 3 rings (SSSR count). The Morgan fingerprint density at radius 2 is 2.21 bits per heavy atom. The maximum absolute atomic E-state index is 11.7. The van der Waals surface area contributed by atoms with E-state index in [1.54, 1.807) is 14.2 Å². The Bertz CT molecular complexity index is 591. The van der Waals surface area contributed by atoms with Gasteiger partial charge in [-0.05, 0) is 37.8 Å². The van der Waals surface area contributed by atoms with E-state index in [0.29, 0.717) is 13.0 Å². The first-order valence-electron chi connectivity index (χ1n) is 8.41. The minimum Gasteiger partial charge on any atom is -0.496 e. The number of benzene rings is 1. The van der Waals surface area contributed by atoms with Crippen LogP contribution in [0.25, 0.3) is 0 Å². The topological polar surface area (TPSA) is 68.2 Å². The Morgan fingerprint density at radius 1 is 1.38 bits per heavy atom. The monoisotopic (exact) mass is 335 g/mol. The van der Waals surface area contributed by atoms with Gasteiger partial charge in [0.2, 0.25) is 0 Å². The van der Waals surface area contributed by atoms with E-state index in [0.717, 1.165) is 30.7 Å². The zero-order valence-corrected chi connectivity index (χ0v) is 14.2. The number of fused-ring (bicyclic) bond motifs is 3. The van der Waals surface area contributed by atoms with E-state index in [1.807, 2.05) is 12.1 Å². The van der Waals surface area contributed by atoms with Gasteiger partial charge in [-0.15, -0.1) is 0 Å². The molecule has 6 nitrogen and oxygen atoms in total. The standard InChI is InChI=1S/C18H25NO5/c1-22-11-24-9-8-12-10-14(18(20)21)16-7-6-13-15(19(12)16)4-3-5-17(13)23-2/h3-5,12,14,16H,6-11H2,1-2H3,(H,20,21)/t12-,14?,16+/m0/s1. The zero-order valence-electron chi connectivity index (χ0n) is 14.2. The number of carboxylic acids is 1. The average molecular weight is 335 g/mol. The van der Waals surface area contributed by atoms with Crippen molar-refractivity contribution in [2.24, 2.45) is 5.92 Å². The summed E-state index contributed by atoms with van der Waals surface area (Å²) in [4.78, 5) is 14.0. The molecule has 0 saturated carbocycles. The molecule has 2 heterocycles. The fourth-order valence-electron chi connectivity index (χ4n) is 4.16. The summed E-state index contributed by atoms with van der Waals surface area (Å²) in [5.41, 5.74) is 2.30. The molecule has 132 valence electrons. The van der Waals surface area contributed by atoms with Gasteiger partial charge in [0.1, 0.15) is 12.5 Å². The van der Waals surface area contributed by atoms with Crippen LogP contribution in [0.4, 0.5) is 5.69 Å². The van der Waals surface area contributed by atoms with E-state index >= 15 is 0 Å². The maximum Gasteiger partial charge on any atom is 0.308 e. The van der Waals surface area contributed by atoms with Gasteiger partial charge in [0, 0.05) is 30.4 Å². The fraction of sp³-hybridized carbons (Fsp3) is 0.611. The number of ether oxygens (including phenoxy) is 3. The van der Waals surface area contributed by atoms with Gasteiger partial charge in [0.25, 0.3) is 0 Å². The lowest BCUT2D eigenvalue weighted by Gasteiger charge is -2.39. The third-order valence-electron chi connectivity index (χ3n) is 5.15. The van der Waals surface area contributed by atoms with Gasteiger partial charge >= 0.3 is 5.97 Å². The SMILES string of the molecule is COCOCC[C@H]1CC(C(=O)O)[C@H]2CCc3c(OC)cccc3N12. The Hall–Kier alpha value is -1.79. The molecule has 1 unspecified atom stereocenters. The second-order valence-electron chi connectivity index (χ2n) is 6.41. The molecule has 1 aromatic carbocycles. The van der Waals surface area contributed by atoms with Crippen molar-refractivity contribution in [2.75, 3.05) is 32.5 Å². The molecule has 1 saturated heterocycles. The summed E-state index contributed by atoms with van der Waals surface area (Å²) in [6.07, 6.45) is 3.16. The number of rotatable bonds is 7. The highest BCUT2D eigenvalue weighted by molar-refractivity contribution is 5.75. The van der Waals surface area contributed by atoms with Crippen molar-refractivity contribution in [2.45, 2.75) is 37.8 Å². The lowest BCUT2D eigenvalue weighted by atomic mass is 9.90. The summed E-state index contributed by atoms with van der Waals surface area (Å²) in [7, 11) is 3.28. The molecule has 1 fully saturated rings. The van der Waals surface area contributed by atoms with Gasteiger partial charge in [0.05, 0.1) is 19.6 Å². The van der Waals surface area contributed by atoms with Gasteiger partial charge < -0.3 is 24.2 Å². The number of carboxylic acid groups (broad SMARTS) is 1. The molecule has 0 aliphatic carbocycles. The predicted molar refractivity (Wildman–Crippen MR) is 89.6 cm³/mol. The van der Waals surface area contributed by atoms with Crippen LogP contribution in [-0.2, 0) is 20.7 Å². The summed E-state index contributed by atoms with van der Waals surface area (Å²) in [5, 5.41) is 9.63. The van der Waals surface area contributed by atoms with Crippen LogP contribution in [0.1, 0.15) is 24.8 Å².